The SMILES string of the molecule is c1ccc(-c2ccc(-c3c4ccccc4c4c5ccc(-c6ccccc6-c6ccccc6)c6cc7ccccc7c(c7cccc3c74)c65)cc2)cc1. The van der Waals surface area contributed by atoms with Crippen molar-refractivity contribution in [3.8, 4) is 44.5 Å². The number of rotatable bonds is 4. The Kier molecular flexibility index (Phi) is 6.35. The molecule has 0 bridgehead atoms. The van der Waals surface area contributed by atoms with Crippen molar-refractivity contribution in [3.63, 3.8) is 0 Å². The summed E-state index contributed by atoms with van der Waals surface area (Å²) in [7, 11) is 0. The van der Waals surface area contributed by atoms with E-state index in [0.717, 1.165) is 0 Å². The second-order valence-corrected chi connectivity index (χ2v) is 13.9. The fourth-order valence-corrected chi connectivity index (χ4v) is 8.98. The van der Waals surface area contributed by atoms with Gasteiger partial charge in [-0.15, -0.1) is 0 Å². The zero-order valence-electron chi connectivity index (χ0n) is 28.5. The van der Waals surface area contributed by atoms with Gasteiger partial charge in [0.15, 0.2) is 0 Å². The quantitative estimate of drug-likeness (QED) is 0.131. The average Bonchev–Trinajstić information content (AvgIpc) is 3.22. The topological polar surface area (TPSA) is 0 Å². The standard InChI is InChI=1S/C52H32/c1-3-14-33(15-4-1)34-26-28-36(29-27-34)48-42-22-11-12-23-43(42)50-46-31-30-41(40-21-10-9-19-38(40)35-16-5-2-6-17-35)47-32-37-18-7-8-20-39(37)49(52(46)47)45-25-13-24-44(48)51(45)50/h1-32H. The third-order valence-corrected chi connectivity index (χ3v) is 11.2. The van der Waals surface area contributed by atoms with Crippen LogP contribution in [-0.2, 0) is 0 Å². The van der Waals surface area contributed by atoms with Crippen LogP contribution in [0.4, 0.5) is 0 Å². The van der Waals surface area contributed by atoms with Crippen molar-refractivity contribution in [2.75, 3.05) is 0 Å². The van der Waals surface area contributed by atoms with Gasteiger partial charge in [-0.1, -0.05) is 188 Å². The minimum Gasteiger partial charge on any atom is -0.0622 e. The summed E-state index contributed by atoms with van der Waals surface area (Å²) < 4.78 is 0. The lowest BCUT2D eigenvalue weighted by Gasteiger charge is -2.22. The van der Waals surface area contributed by atoms with E-state index in [-0.39, 0.29) is 0 Å². The van der Waals surface area contributed by atoms with Crippen LogP contribution in [0.3, 0.4) is 0 Å². The Balaban J connectivity index is 1.29. The van der Waals surface area contributed by atoms with Crippen LogP contribution in [0.2, 0.25) is 0 Å². The smallest absolute Gasteiger partial charge is 0.00134 e. The summed E-state index contributed by atoms with van der Waals surface area (Å²) in [4.78, 5) is 0. The minimum atomic E-state index is 1.23. The van der Waals surface area contributed by atoms with E-state index in [1.54, 1.807) is 0 Å². The summed E-state index contributed by atoms with van der Waals surface area (Å²) in [5, 5.41) is 15.7. The Bertz CT molecular complexity index is 3130. The molecule has 0 nitrogen and oxygen atoms in total. The molecule has 0 amide bonds. The molecule has 0 aliphatic carbocycles. The first-order chi connectivity index (χ1) is 25.8. The zero-order chi connectivity index (χ0) is 34.2. The van der Waals surface area contributed by atoms with Crippen LogP contribution < -0.4 is 0 Å². The average molecular weight is 657 g/mol. The van der Waals surface area contributed by atoms with Gasteiger partial charge in [0, 0.05) is 0 Å². The van der Waals surface area contributed by atoms with Gasteiger partial charge in [-0.25, -0.2) is 0 Å². The molecule has 0 heterocycles. The lowest BCUT2D eigenvalue weighted by Crippen LogP contribution is -1.94. The highest BCUT2D eigenvalue weighted by molar-refractivity contribution is 6.44. The molecule has 0 aliphatic rings. The molecule has 0 N–H and O–H groups in total. The van der Waals surface area contributed by atoms with Crippen LogP contribution in [0.5, 0.6) is 0 Å². The summed E-state index contributed by atoms with van der Waals surface area (Å²) in [6.45, 7) is 0. The molecule has 240 valence electrons. The van der Waals surface area contributed by atoms with E-state index in [0.29, 0.717) is 0 Å². The molecule has 0 atom stereocenters. The molecule has 0 saturated carbocycles. The molecule has 0 aliphatic heterocycles. The van der Waals surface area contributed by atoms with Crippen molar-refractivity contribution < 1.29 is 0 Å². The number of fused-ring (bicyclic) bond motifs is 6. The highest BCUT2D eigenvalue weighted by Crippen LogP contribution is 2.51. The van der Waals surface area contributed by atoms with Crippen LogP contribution in [0.15, 0.2) is 194 Å². The third-order valence-electron chi connectivity index (χ3n) is 11.2. The molecule has 11 aromatic carbocycles. The Hall–Kier alpha value is -6.76. The van der Waals surface area contributed by atoms with Crippen LogP contribution in [0, 0.1) is 0 Å². The van der Waals surface area contributed by atoms with Gasteiger partial charge >= 0.3 is 0 Å². The zero-order valence-corrected chi connectivity index (χ0v) is 28.5. The van der Waals surface area contributed by atoms with E-state index in [2.05, 4.69) is 194 Å². The van der Waals surface area contributed by atoms with Gasteiger partial charge in [-0.2, -0.15) is 0 Å². The molecule has 0 heteroatoms. The van der Waals surface area contributed by atoms with Gasteiger partial charge in [0.1, 0.15) is 0 Å². The molecule has 0 fully saturated rings. The maximum atomic E-state index is 2.44. The normalized spacial score (nSPS) is 11.8. The summed E-state index contributed by atoms with van der Waals surface area (Å²) in [5.74, 6) is 0. The highest BCUT2D eigenvalue weighted by atomic mass is 14.3. The lowest BCUT2D eigenvalue weighted by molar-refractivity contribution is 1.60. The van der Waals surface area contributed by atoms with Gasteiger partial charge in [-0.05, 0) is 115 Å². The molecule has 0 radical (unpaired) electrons. The molecular formula is C52H32. The van der Waals surface area contributed by atoms with E-state index in [1.807, 2.05) is 0 Å². The van der Waals surface area contributed by atoms with E-state index >= 15 is 0 Å². The maximum Gasteiger partial charge on any atom is -0.00134 e. The summed E-state index contributed by atoms with van der Waals surface area (Å²) >= 11 is 0. The van der Waals surface area contributed by atoms with E-state index in [9.17, 15) is 0 Å². The van der Waals surface area contributed by atoms with E-state index < -0.39 is 0 Å². The molecule has 11 rings (SSSR count). The highest BCUT2D eigenvalue weighted by Gasteiger charge is 2.23. The lowest BCUT2D eigenvalue weighted by atomic mass is 9.80. The predicted octanol–water partition coefficient (Wildman–Crippen LogP) is 14.7. The molecular weight excluding hydrogens is 625 g/mol. The first-order valence-electron chi connectivity index (χ1n) is 18.1. The van der Waals surface area contributed by atoms with Crippen molar-refractivity contribution in [1.29, 1.82) is 0 Å². The molecule has 11 aromatic rings. The molecule has 52 heavy (non-hydrogen) atoms. The number of benzene rings is 11. The maximum absolute atomic E-state index is 2.44. The first-order valence-corrected chi connectivity index (χ1v) is 18.1. The van der Waals surface area contributed by atoms with Crippen molar-refractivity contribution in [1.82, 2.24) is 0 Å². The fraction of sp³-hybridized carbons (Fsp3) is 0. The van der Waals surface area contributed by atoms with Crippen molar-refractivity contribution in [2.45, 2.75) is 0 Å². The van der Waals surface area contributed by atoms with Gasteiger partial charge in [0.05, 0.1) is 0 Å². The van der Waals surface area contributed by atoms with E-state index in [4.69, 9.17) is 0 Å². The van der Waals surface area contributed by atoms with Crippen LogP contribution in [0.25, 0.3) is 109 Å². The molecule has 0 spiro atoms. The van der Waals surface area contributed by atoms with Crippen LogP contribution in [-0.4, -0.2) is 0 Å². The Labute approximate surface area is 302 Å². The predicted molar refractivity (Wildman–Crippen MR) is 224 cm³/mol. The monoisotopic (exact) mass is 656 g/mol. The summed E-state index contributed by atoms with van der Waals surface area (Å²) in [5.41, 5.74) is 10.00. The molecule has 0 saturated heterocycles. The van der Waals surface area contributed by atoms with E-state index in [1.165, 1.54) is 109 Å². The second-order valence-electron chi connectivity index (χ2n) is 13.9. The molecule has 0 unspecified atom stereocenters. The fourth-order valence-electron chi connectivity index (χ4n) is 8.98. The van der Waals surface area contributed by atoms with Crippen molar-refractivity contribution in [2.24, 2.45) is 0 Å². The van der Waals surface area contributed by atoms with Crippen molar-refractivity contribution >= 4 is 64.6 Å². The van der Waals surface area contributed by atoms with Crippen LogP contribution in [0.1, 0.15) is 0 Å². The summed E-state index contributed by atoms with van der Waals surface area (Å²) in [6.07, 6.45) is 0. The Morgan fingerprint density at radius 3 is 1.50 bits per heavy atom. The Morgan fingerprint density at radius 2 is 0.712 bits per heavy atom. The largest absolute Gasteiger partial charge is 0.0622 e. The third kappa shape index (κ3) is 4.22. The second kappa shape index (κ2) is 11.4. The minimum absolute atomic E-state index is 1.23. The summed E-state index contributed by atoms with van der Waals surface area (Å²) in [6, 6.07) is 71.7. The van der Waals surface area contributed by atoms with Gasteiger partial charge in [-0.3, -0.25) is 0 Å². The van der Waals surface area contributed by atoms with Gasteiger partial charge in [0.2, 0.25) is 0 Å². The van der Waals surface area contributed by atoms with Crippen molar-refractivity contribution in [3.05, 3.63) is 194 Å². The number of hydrogen-bond donors (Lipinski definition) is 0. The molecule has 0 aromatic heterocycles. The first kappa shape index (κ1) is 29.0. The van der Waals surface area contributed by atoms with Gasteiger partial charge in [0.25, 0.3) is 0 Å². The Morgan fingerprint density at radius 1 is 0.212 bits per heavy atom. The van der Waals surface area contributed by atoms with Gasteiger partial charge < -0.3 is 0 Å². The number of hydrogen-bond acceptors (Lipinski definition) is 0. The van der Waals surface area contributed by atoms with Crippen LogP contribution >= 0.6 is 0 Å².